The normalized spacial score (nSPS) is 18.2. The van der Waals surface area contributed by atoms with Gasteiger partial charge in [0.15, 0.2) is 0 Å². The number of nitrogens with zero attached hydrogens (tertiary/aromatic N) is 3. The number of benzene rings is 1. The molecule has 2 heterocycles. The predicted molar refractivity (Wildman–Crippen MR) is 104 cm³/mol. The molecule has 0 spiro atoms. The van der Waals surface area contributed by atoms with E-state index in [1.165, 1.54) is 31.4 Å². The van der Waals surface area contributed by atoms with Gasteiger partial charge in [-0.15, -0.1) is 0 Å². The summed E-state index contributed by atoms with van der Waals surface area (Å²) in [5.74, 6) is 2.43. The highest BCUT2D eigenvalue weighted by atomic mass is 15.2. The van der Waals surface area contributed by atoms with Crippen LogP contribution in [0.2, 0.25) is 0 Å². The third kappa shape index (κ3) is 4.21. The number of aryl methyl sites for hydroxylation is 1. The average Bonchev–Trinajstić information content (AvgIpc) is 3.40. The summed E-state index contributed by atoms with van der Waals surface area (Å²) in [6, 6.07) is 11.2. The van der Waals surface area contributed by atoms with Gasteiger partial charge in [0.25, 0.3) is 0 Å². The number of hydrogen-bond acceptors (Lipinski definition) is 5. The lowest BCUT2D eigenvalue weighted by molar-refractivity contribution is 0.438. The molecule has 2 aliphatic rings. The van der Waals surface area contributed by atoms with E-state index in [0.717, 1.165) is 42.2 Å². The van der Waals surface area contributed by atoms with Gasteiger partial charge in [-0.1, -0.05) is 6.92 Å². The molecule has 1 saturated carbocycles. The molecule has 0 bridgehead atoms. The highest BCUT2D eigenvalue weighted by Gasteiger charge is 2.22. The zero-order valence-electron chi connectivity index (χ0n) is 15.1. The Hall–Kier alpha value is -2.30. The second kappa shape index (κ2) is 6.90. The summed E-state index contributed by atoms with van der Waals surface area (Å²) < 4.78 is 0. The molecular formula is C20H27N5. The van der Waals surface area contributed by atoms with Gasteiger partial charge in [-0.25, -0.2) is 4.98 Å². The minimum atomic E-state index is 0.557. The zero-order chi connectivity index (χ0) is 17.2. The Bertz CT molecular complexity index is 715. The first-order valence-electron chi connectivity index (χ1n) is 9.40. The molecule has 25 heavy (non-hydrogen) atoms. The SMILES string of the molecule is Cc1cc(Nc2ccc(N3CCC(C)CC3)cc2)nc(NC2CC2)n1. The summed E-state index contributed by atoms with van der Waals surface area (Å²) in [5.41, 5.74) is 3.34. The van der Waals surface area contributed by atoms with Crippen molar-refractivity contribution in [3.05, 3.63) is 36.0 Å². The Morgan fingerprint density at radius 3 is 2.40 bits per heavy atom. The van der Waals surface area contributed by atoms with Crippen molar-refractivity contribution < 1.29 is 0 Å². The molecule has 2 aromatic rings. The molecule has 1 saturated heterocycles. The summed E-state index contributed by atoms with van der Waals surface area (Å²) in [5, 5.41) is 6.78. The first-order valence-corrected chi connectivity index (χ1v) is 9.40. The molecule has 132 valence electrons. The minimum absolute atomic E-state index is 0.557. The van der Waals surface area contributed by atoms with Crippen LogP contribution in [0, 0.1) is 12.8 Å². The van der Waals surface area contributed by atoms with E-state index in [1.54, 1.807) is 0 Å². The fraction of sp³-hybridized carbons (Fsp3) is 0.500. The lowest BCUT2D eigenvalue weighted by Gasteiger charge is -2.32. The van der Waals surface area contributed by atoms with Crippen molar-refractivity contribution in [2.45, 2.75) is 45.6 Å². The maximum absolute atomic E-state index is 4.59. The van der Waals surface area contributed by atoms with E-state index in [-0.39, 0.29) is 0 Å². The first-order chi connectivity index (χ1) is 12.2. The van der Waals surface area contributed by atoms with E-state index < -0.39 is 0 Å². The molecule has 2 fully saturated rings. The second-order valence-corrected chi connectivity index (χ2v) is 7.48. The minimum Gasteiger partial charge on any atom is -0.372 e. The molecule has 0 amide bonds. The van der Waals surface area contributed by atoms with Crippen molar-refractivity contribution in [2.24, 2.45) is 5.92 Å². The molecule has 2 N–H and O–H groups in total. The number of anilines is 4. The van der Waals surface area contributed by atoms with Crippen molar-refractivity contribution in [3.63, 3.8) is 0 Å². The second-order valence-electron chi connectivity index (χ2n) is 7.48. The molecule has 1 aliphatic carbocycles. The molecule has 1 aliphatic heterocycles. The fourth-order valence-electron chi connectivity index (χ4n) is 3.28. The van der Waals surface area contributed by atoms with Gasteiger partial charge in [-0.3, -0.25) is 0 Å². The Morgan fingerprint density at radius 2 is 1.72 bits per heavy atom. The fourth-order valence-corrected chi connectivity index (χ4v) is 3.28. The van der Waals surface area contributed by atoms with Crippen molar-refractivity contribution in [3.8, 4) is 0 Å². The van der Waals surface area contributed by atoms with Gasteiger partial charge in [0.05, 0.1) is 0 Å². The van der Waals surface area contributed by atoms with Gasteiger partial charge in [-0.2, -0.15) is 4.98 Å². The van der Waals surface area contributed by atoms with E-state index in [1.807, 2.05) is 13.0 Å². The molecule has 0 unspecified atom stereocenters. The Balaban J connectivity index is 1.43. The number of aromatic nitrogens is 2. The van der Waals surface area contributed by atoms with E-state index in [0.29, 0.717) is 6.04 Å². The third-order valence-corrected chi connectivity index (χ3v) is 5.05. The monoisotopic (exact) mass is 337 g/mol. The number of nitrogens with one attached hydrogen (secondary N) is 2. The summed E-state index contributed by atoms with van der Waals surface area (Å²) in [6.45, 7) is 6.68. The Kier molecular flexibility index (Phi) is 4.47. The largest absolute Gasteiger partial charge is 0.372 e. The van der Waals surface area contributed by atoms with Crippen molar-refractivity contribution in [2.75, 3.05) is 28.6 Å². The van der Waals surface area contributed by atoms with E-state index in [9.17, 15) is 0 Å². The van der Waals surface area contributed by atoms with Crippen LogP contribution in [0.1, 0.15) is 38.3 Å². The summed E-state index contributed by atoms with van der Waals surface area (Å²) in [7, 11) is 0. The lowest BCUT2D eigenvalue weighted by atomic mass is 9.99. The van der Waals surface area contributed by atoms with Gasteiger partial charge in [-0.05, 0) is 62.8 Å². The van der Waals surface area contributed by atoms with Gasteiger partial charge >= 0.3 is 0 Å². The van der Waals surface area contributed by atoms with Crippen LogP contribution >= 0.6 is 0 Å². The van der Waals surface area contributed by atoms with Crippen LogP contribution in [0.5, 0.6) is 0 Å². The molecule has 4 rings (SSSR count). The van der Waals surface area contributed by atoms with Crippen LogP contribution in [-0.2, 0) is 0 Å². The molecule has 5 heteroatoms. The van der Waals surface area contributed by atoms with Crippen molar-refractivity contribution in [1.29, 1.82) is 0 Å². The molecule has 1 aromatic carbocycles. The molecule has 0 atom stereocenters. The predicted octanol–water partition coefficient (Wildman–Crippen LogP) is 4.34. The van der Waals surface area contributed by atoms with Gasteiger partial charge in [0, 0.05) is 42.3 Å². The quantitative estimate of drug-likeness (QED) is 0.850. The zero-order valence-corrected chi connectivity index (χ0v) is 15.1. The first kappa shape index (κ1) is 16.2. The number of piperidine rings is 1. The van der Waals surface area contributed by atoms with Crippen LogP contribution in [0.15, 0.2) is 30.3 Å². The Labute approximate surface area is 149 Å². The molecule has 1 aromatic heterocycles. The van der Waals surface area contributed by atoms with E-state index >= 15 is 0 Å². The van der Waals surface area contributed by atoms with Crippen LogP contribution in [0.3, 0.4) is 0 Å². The maximum Gasteiger partial charge on any atom is 0.225 e. The van der Waals surface area contributed by atoms with Crippen LogP contribution in [0.25, 0.3) is 0 Å². The van der Waals surface area contributed by atoms with Gasteiger partial charge in [0.1, 0.15) is 5.82 Å². The van der Waals surface area contributed by atoms with Crippen molar-refractivity contribution in [1.82, 2.24) is 9.97 Å². The molecule has 5 nitrogen and oxygen atoms in total. The van der Waals surface area contributed by atoms with Crippen LogP contribution in [0.4, 0.5) is 23.1 Å². The third-order valence-electron chi connectivity index (χ3n) is 5.05. The summed E-state index contributed by atoms with van der Waals surface area (Å²) in [4.78, 5) is 11.5. The standard InChI is InChI=1S/C20H27N5/c1-14-9-11-25(12-10-14)18-7-5-16(6-8-18)22-19-13-15(2)21-20(24-19)23-17-3-4-17/h5-8,13-14,17H,3-4,9-12H2,1-2H3,(H2,21,22,23,24). The number of hydrogen-bond donors (Lipinski definition) is 2. The molecular weight excluding hydrogens is 310 g/mol. The topological polar surface area (TPSA) is 53.1 Å². The van der Waals surface area contributed by atoms with Gasteiger partial charge in [0.2, 0.25) is 5.95 Å². The maximum atomic E-state index is 4.59. The highest BCUT2D eigenvalue weighted by Crippen LogP contribution is 2.26. The summed E-state index contributed by atoms with van der Waals surface area (Å²) in [6.07, 6.45) is 5.02. The van der Waals surface area contributed by atoms with Gasteiger partial charge < -0.3 is 15.5 Å². The highest BCUT2D eigenvalue weighted by molar-refractivity contribution is 5.61. The lowest BCUT2D eigenvalue weighted by Crippen LogP contribution is -2.32. The number of rotatable bonds is 5. The Morgan fingerprint density at radius 1 is 1.00 bits per heavy atom. The molecule has 0 radical (unpaired) electrons. The van der Waals surface area contributed by atoms with Crippen molar-refractivity contribution >= 4 is 23.1 Å². The van der Waals surface area contributed by atoms with Crippen LogP contribution in [-0.4, -0.2) is 29.1 Å². The van der Waals surface area contributed by atoms with E-state index in [4.69, 9.17) is 0 Å². The summed E-state index contributed by atoms with van der Waals surface area (Å²) >= 11 is 0. The average molecular weight is 337 g/mol. The smallest absolute Gasteiger partial charge is 0.225 e. The van der Waals surface area contributed by atoms with E-state index in [2.05, 4.69) is 56.7 Å². The van der Waals surface area contributed by atoms with Crippen LogP contribution < -0.4 is 15.5 Å².